The molecule has 1 atom stereocenters. The summed E-state index contributed by atoms with van der Waals surface area (Å²) in [6, 6.07) is 26.6. The normalized spacial score (nSPS) is 10.9. The maximum absolute atomic E-state index is 12.2. The number of aryl methyl sites for hydroxylation is 1. The Morgan fingerprint density at radius 1 is 0.845 bits per heavy atom. The van der Waals surface area contributed by atoms with Gasteiger partial charge >= 0.3 is 6.03 Å². The number of nitrogens with zero attached hydrogens (tertiary/aromatic N) is 1. The third kappa shape index (κ3) is 18.6. The number of halogens is 4. The number of likely N-dealkylation sites (N-methyl/N-ethyl adjacent to an activating group) is 1. The molecule has 13 heteroatoms. The number of urea groups is 1. The highest BCUT2D eigenvalue weighted by molar-refractivity contribution is 6.36. The quantitative estimate of drug-likeness (QED) is 0.0674. The van der Waals surface area contributed by atoms with Gasteiger partial charge in [0, 0.05) is 40.1 Å². The molecule has 0 aliphatic rings. The van der Waals surface area contributed by atoms with E-state index in [0.29, 0.717) is 41.2 Å². The number of hydrogen-bond acceptors (Lipinski definition) is 5. The predicted molar refractivity (Wildman–Crippen MR) is 236 cm³/mol. The number of fused-ring (bicyclic) bond motifs is 1. The lowest BCUT2D eigenvalue weighted by atomic mass is 10.1. The van der Waals surface area contributed by atoms with Gasteiger partial charge in [0.1, 0.15) is 6.29 Å². The van der Waals surface area contributed by atoms with Gasteiger partial charge in [0.15, 0.2) is 11.6 Å². The van der Waals surface area contributed by atoms with Crippen LogP contribution in [0.5, 0.6) is 0 Å². The van der Waals surface area contributed by atoms with Crippen LogP contribution in [-0.4, -0.2) is 55.0 Å². The summed E-state index contributed by atoms with van der Waals surface area (Å²) < 4.78 is 26.3. The van der Waals surface area contributed by atoms with Gasteiger partial charge in [-0.3, -0.25) is 4.79 Å². The first-order valence-corrected chi connectivity index (χ1v) is 20.2. The minimum atomic E-state index is -0.791. The molecule has 0 saturated heterocycles. The molecule has 3 amide bonds. The summed E-state index contributed by atoms with van der Waals surface area (Å²) in [6.07, 6.45) is 7.43. The number of hydrogen-bond donors (Lipinski definition) is 5. The lowest BCUT2D eigenvalue weighted by Crippen LogP contribution is -2.44. The van der Waals surface area contributed by atoms with Crippen molar-refractivity contribution < 1.29 is 23.2 Å². The van der Waals surface area contributed by atoms with E-state index in [1.807, 2.05) is 72.4 Å². The number of aldehydes is 1. The third-order valence-electron chi connectivity index (χ3n) is 8.51. The van der Waals surface area contributed by atoms with E-state index in [2.05, 4.69) is 54.3 Å². The van der Waals surface area contributed by atoms with Gasteiger partial charge in [0.2, 0.25) is 5.91 Å². The zero-order chi connectivity index (χ0) is 42.9. The largest absolute Gasteiger partial charge is 0.351 e. The second-order valence-electron chi connectivity index (χ2n) is 13.6. The monoisotopic (exact) mass is 838 g/mol. The SMILES string of the molecule is CCCCC.CNC(CCNC(C)C)C(=O)NCc1ccccc1.Cc1ccc(F)c(F)c1.O=CCNC(=O)Nc1ccc2ccn(Cc3c(Cl)cccc3Cl)c2c1. The van der Waals surface area contributed by atoms with Crippen LogP contribution in [0.3, 0.4) is 0 Å². The standard InChI is InChI=1S/C18H15Cl2N3O2.C15H25N3O.C7H6F2.C5H12/c19-15-2-1-3-16(20)14(15)11-23-8-6-12-4-5-13(10-17(12)23)22-18(25)21-7-9-24;1-12(2)17-10-9-14(16-3)15(19)18-11-13-7-5-4-6-8-13;1-5-2-3-6(8)7(9)4-5;1-3-5-4-2/h1-6,8-10H,7,11H2,(H2,21,22,25);4-8,12,14,16-17H,9-11H2,1-3H3,(H,18,19);2-4H,1H3;3-5H2,1-2H3. The third-order valence-corrected chi connectivity index (χ3v) is 9.22. The number of anilines is 1. The molecule has 5 rings (SSSR count). The lowest BCUT2D eigenvalue weighted by Gasteiger charge is -2.17. The molecule has 0 aliphatic heterocycles. The minimum Gasteiger partial charge on any atom is -0.351 e. The Balaban J connectivity index is 0.000000308. The molecule has 1 heterocycles. The second-order valence-corrected chi connectivity index (χ2v) is 14.4. The number of nitrogens with one attached hydrogen (secondary N) is 5. The van der Waals surface area contributed by atoms with Crippen LogP contribution in [0.1, 0.15) is 70.1 Å². The van der Waals surface area contributed by atoms with E-state index in [1.54, 1.807) is 25.1 Å². The Hall–Kier alpha value is -4.81. The smallest absolute Gasteiger partial charge is 0.319 e. The average Bonchev–Trinajstić information content (AvgIpc) is 3.61. The van der Waals surface area contributed by atoms with E-state index in [0.717, 1.165) is 52.7 Å². The van der Waals surface area contributed by atoms with E-state index in [1.165, 1.54) is 25.3 Å². The molecule has 0 bridgehead atoms. The molecule has 0 fully saturated rings. The van der Waals surface area contributed by atoms with Crippen LogP contribution in [-0.2, 0) is 22.7 Å². The first-order valence-electron chi connectivity index (χ1n) is 19.5. The topological polar surface area (TPSA) is 116 Å². The Kier molecular flexibility index (Phi) is 23.6. The van der Waals surface area contributed by atoms with Gasteiger partial charge in [-0.25, -0.2) is 13.6 Å². The van der Waals surface area contributed by atoms with Gasteiger partial charge in [-0.05, 0) is 85.9 Å². The maximum atomic E-state index is 12.2. The van der Waals surface area contributed by atoms with Gasteiger partial charge in [0.25, 0.3) is 0 Å². The molecule has 0 saturated carbocycles. The molecule has 1 aromatic heterocycles. The summed E-state index contributed by atoms with van der Waals surface area (Å²) in [5.41, 5.74) is 4.25. The first kappa shape index (κ1) is 49.3. The Bertz CT molecular complexity index is 1950. The molecule has 9 nitrogen and oxygen atoms in total. The van der Waals surface area contributed by atoms with Crippen LogP contribution in [0.15, 0.2) is 97.2 Å². The summed E-state index contributed by atoms with van der Waals surface area (Å²) in [5.74, 6) is -1.52. The first-order chi connectivity index (χ1) is 27.8. The van der Waals surface area contributed by atoms with E-state index >= 15 is 0 Å². The van der Waals surface area contributed by atoms with Crippen molar-refractivity contribution in [1.82, 2.24) is 25.8 Å². The van der Waals surface area contributed by atoms with E-state index in [4.69, 9.17) is 23.2 Å². The van der Waals surface area contributed by atoms with Crippen LogP contribution in [0.25, 0.3) is 10.9 Å². The van der Waals surface area contributed by atoms with Crippen molar-refractivity contribution in [3.8, 4) is 0 Å². The highest BCUT2D eigenvalue weighted by Gasteiger charge is 2.15. The number of amides is 3. The molecular formula is C45H58Cl2F2N6O3. The molecule has 5 aromatic rings. The summed E-state index contributed by atoms with van der Waals surface area (Å²) in [4.78, 5) is 34.0. The average molecular weight is 840 g/mol. The maximum Gasteiger partial charge on any atom is 0.319 e. The number of aromatic nitrogens is 1. The van der Waals surface area contributed by atoms with Crippen LogP contribution in [0, 0.1) is 18.6 Å². The highest BCUT2D eigenvalue weighted by atomic mass is 35.5. The molecular weight excluding hydrogens is 781 g/mol. The van der Waals surface area contributed by atoms with Crippen LogP contribution in [0.2, 0.25) is 10.0 Å². The summed E-state index contributed by atoms with van der Waals surface area (Å²) in [7, 11) is 1.82. The number of benzene rings is 4. The van der Waals surface area contributed by atoms with Gasteiger partial charge < -0.3 is 35.9 Å². The van der Waals surface area contributed by atoms with Crippen molar-refractivity contribution in [3.63, 3.8) is 0 Å². The van der Waals surface area contributed by atoms with Gasteiger partial charge in [-0.1, -0.05) is 119 Å². The van der Waals surface area contributed by atoms with Crippen molar-refractivity contribution in [2.75, 3.05) is 25.5 Å². The lowest BCUT2D eigenvalue weighted by molar-refractivity contribution is -0.123. The minimum absolute atomic E-state index is 0.0323. The number of carbonyl (C=O) groups excluding carboxylic acids is 3. The molecule has 314 valence electrons. The summed E-state index contributed by atoms with van der Waals surface area (Å²) in [6.45, 7) is 12.2. The van der Waals surface area contributed by atoms with Crippen LogP contribution >= 0.6 is 23.2 Å². The van der Waals surface area contributed by atoms with Crippen molar-refractivity contribution in [2.45, 2.75) is 85.5 Å². The van der Waals surface area contributed by atoms with Crippen molar-refractivity contribution in [2.24, 2.45) is 0 Å². The Morgan fingerprint density at radius 2 is 1.53 bits per heavy atom. The zero-order valence-electron chi connectivity index (χ0n) is 34.3. The summed E-state index contributed by atoms with van der Waals surface area (Å²) in [5, 5.41) is 16.7. The fourth-order valence-electron chi connectivity index (χ4n) is 5.35. The molecule has 58 heavy (non-hydrogen) atoms. The summed E-state index contributed by atoms with van der Waals surface area (Å²) >= 11 is 12.5. The van der Waals surface area contributed by atoms with Gasteiger partial charge in [-0.2, -0.15) is 0 Å². The Labute approximate surface area is 352 Å². The number of carbonyl (C=O) groups is 3. The predicted octanol–water partition coefficient (Wildman–Crippen LogP) is 10.1. The molecule has 0 aliphatic carbocycles. The molecule has 0 spiro atoms. The molecule has 1 unspecified atom stereocenters. The van der Waals surface area contributed by atoms with Crippen LogP contribution < -0.4 is 26.6 Å². The van der Waals surface area contributed by atoms with Crippen molar-refractivity contribution in [1.29, 1.82) is 0 Å². The number of unbranched alkanes of at least 4 members (excludes halogenated alkanes) is 2. The van der Waals surface area contributed by atoms with Crippen molar-refractivity contribution in [3.05, 3.63) is 136 Å². The highest BCUT2D eigenvalue weighted by Crippen LogP contribution is 2.28. The second kappa shape index (κ2) is 27.8. The fraction of sp³-hybridized carbons (Fsp3) is 0.356. The van der Waals surface area contributed by atoms with Gasteiger partial charge in [-0.15, -0.1) is 0 Å². The number of rotatable bonds is 15. The van der Waals surface area contributed by atoms with Gasteiger partial charge in [0.05, 0.1) is 24.6 Å². The zero-order valence-corrected chi connectivity index (χ0v) is 35.8. The van der Waals surface area contributed by atoms with E-state index in [-0.39, 0.29) is 18.5 Å². The Morgan fingerprint density at radius 3 is 2.10 bits per heavy atom. The molecule has 5 N–H and O–H groups in total. The van der Waals surface area contributed by atoms with Crippen LogP contribution in [0.4, 0.5) is 19.3 Å². The van der Waals surface area contributed by atoms with E-state index < -0.39 is 17.7 Å². The van der Waals surface area contributed by atoms with E-state index in [9.17, 15) is 23.2 Å². The van der Waals surface area contributed by atoms with Crippen molar-refractivity contribution >= 4 is 58.0 Å². The molecule has 0 radical (unpaired) electrons. The molecule has 4 aromatic carbocycles. The fourth-order valence-corrected chi connectivity index (χ4v) is 5.87.